The number of anilines is 1. The molecule has 0 bridgehead atoms. The van der Waals surface area contributed by atoms with Crippen molar-refractivity contribution in [2.45, 2.75) is 0 Å². The molecule has 0 spiro atoms. The molecule has 0 saturated carbocycles. The first kappa shape index (κ1) is 14.2. The minimum Gasteiger partial charge on any atom is -0.478 e. The van der Waals surface area contributed by atoms with Crippen molar-refractivity contribution < 1.29 is 18.3 Å². The van der Waals surface area contributed by atoms with E-state index < -0.39 is 16.2 Å². The highest BCUT2D eigenvalue weighted by atomic mass is 32.2. The average molecular weight is 270 g/mol. The molecule has 0 atom stereocenters. The lowest BCUT2D eigenvalue weighted by Crippen LogP contribution is -2.28. The lowest BCUT2D eigenvalue weighted by molar-refractivity contribution is -0.131. The van der Waals surface area contributed by atoms with E-state index >= 15 is 0 Å². The summed E-state index contributed by atoms with van der Waals surface area (Å²) in [5.41, 5.74) is 0.965. The van der Waals surface area contributed by atoms with Gasteiger partial charge >= 0.3 is 16.2 Å². The monoisotopic (exact) mass is 270 g/mol. The van der Waals surface area contributed by atoms with Crippen LogP contribution >= 0.6 is 0 Å². The number of nitrogens with one attached hydrogen (secondary N) is 1. The molecular formula is C11H14N2O4S. The van der Waals surface area contributed by atoms with Crippen LogP contribution < -0.4 is 4.72 Å². The summed E-state index contributed by atoms with van der Waals surface area (Å²) in [7, 11) is -0.730. The number of carboxylic acids is 1. The number of carbonyl (C=O) groups is 1. The van der Waals surface area contributed by atoms with E-state index in [1.807, 2.05) is 0 Å². The molecular weight excluding hydrogens is 256 g/mol. The Bertz CT molecular complexity index is 564. The molecule has 0 fully saturated rings. The predicted octanol–water partition coefficient (Wildman–Crippen LogP) is 1.00. The molecule has 0 aliphatic carbocycles. The number of hydrogen-bond donors (Lipinski definition) is 2. The Morgan fingerprint density at radius 1 is 1.39 bits per heavy atom. The highest BCUT2D eigenvalue weighted by Gasteiger charge is 2.12. The van der Waals surface area contributed by atoms with Gasteiger partial charge in [0.2, 0.25) is 0 Å². The molecule has 0 amide bonds. The van der Waals surface area contributed by atoms with E-state index in [2.05, 4.69) is 4.72 Å². The lowest BCUT2D eigenvalue weighted by atomic mass is 10.2. The minimum atomic E-state index is -3.56. The van der Waals surface area contributed by atoms with Crippen LogP contribution in [0.5, 0.6) is 0 Å². The number of aliphatic carboxylic acids is 1. The Hall–Kier alpha value is -1.86. The van der Waals surface area contributed by atoms with Gasteiger partial charge in [-0.25, -0.2) is 4.79 Å². The van der Waals surface area contributed by atoms with Gasteiger partial charge in [0, 0.05) is 20.2 Å². The Morgan fingerprint density at radius 3 is 2.61 bits per heavy atom. The van der Waals surface area contributed by atoms with Crippen LogP contribution in [0.3, 0.4) is 0 Å². The molecule has 0 unspecified atom stereocenters. The molecule has 0 heterocycles. The van der Waals surface area contributed by atoms with Crippen molar-refractivity contribution in [1.29, 1.82) is 0 Å². The van der Waals surface area contributed by atoms with Crippen LogP contribution in [0.25, 0.3) is 6.08 Å². The molecule has 6 nitrogen and oxygen atoms in total. The number of hydrogen-bond acceptors (Lipinski definition) is 3. The van der Waals surface area contributed by atoms with Gasteiger partial charge in [-0.2, -0.15) is 12.7 Å². The summed E-state index contributed by atoms with van der Waals surface area (Å²) < 4.78 is 26.6. The predicted molar refractivity (Wildman–Crippen MR) is 69.3 cm³/mol. The fourth-order valence-corrected chi connectivity index (χ4v) is 1.72. The van der Waals surface area contributed by atoms with Gasteiger partial charge in [0.25, 0.3) is 0 Å². The molecule has 7 heteroatoms. The number of benzene rings is 1. The Morgan fingerprint density at radius 2 is 2.06 bits per heavy atom. The number of rotatable bonds is 5. The summed E-state index contributed by atoms with van der Waals surface area (Å²) in [6, 6.07) is 6.43. The van der Waals surface area contributed by atoms with E-state index in [9.17, 15) is 13.2 Å². The molecule has 0 aliphatic heterocycles. The third-order valence-corrected chi connectivity index (χ3v) is 3.49. The van der Waals surface area contributed by atoms with Crippen LogP contribution in [0.4, 0.5) is 5.69 Å². The van der Waals surface area contributed by atoms with E-state index in [4.69, 9.17) is 5.11 Å². The van der Waals surface area contributed by atoms with Gasteiger partial charge in [-0.1, -0.05) is 12.1 Å². The van der Waals surface area contributed by atoms with Gasteiger partial charge in [-0.3, -0.25) is 4.72 Å². The topological polar surface area (TPSA) is 86.7 Å². The van der Waals surface area contributed by atoms with Crippen LogP contribution in [-0.2, 0) is 15.0 Å². The van der Waals surface area contributed by atoms with Crippen LogP contribution in [0, 0.1) is 0 Å². The van der Waals surface area contributed by atoms with Crippen molar-refractivity contribution in [3.05, 3.63) is 35.9 Å². The van der Waals surface area contributed by atoms with Crippen LogP contribution in [0.15, 0.2) is 30.3 Å². The molecule has 0 radical (unpaired) electrons. The molecule has 1 rings (SSSR count). The molecule has 1 aromatic rings. The van der Waals surface area contributed by atoms with Gasteiger partial charge in [0.05, 0.1) is 5.69 Å². The third-order valence-electron chi connectivity index (χ3n) is 2.03. The summed E-state index contributed by atoms with van der Waals surface area (Å²) in [6.07, 6.45) is 2.37. The van der Waals surface area contributed by atoms with Crippen molar-refractivity contribution in [2.24, 2.45) is 0 Å². The first-order valence-electron chi connectivity index (χ1n) is 5.02. The van der Waals surface area contributed by atoms with E-state index in [1.165, 1.54) is 20.2 Å². The molecule has 98 valence electrons. The van der Waals surface area contributed by atoms with Crippen molar-refractivity contribution in [3.63, 3.8) is 0 Å². The van der Waals surface area contributed by atoms with Crippen LogP contribution in [-0.4, -0.2) is 37.9 Å². The average Bonchev–Trinajstić information content (AvgIpc) is 2.26. The molecule has 18 heavy (non-hydrogen) atoms. The van der Waals surface area contributed by atoms with Gasteiger partial charge in [-0.05, 0) is 23.8 Å². The van der Waals surface area contributed by atoms with Crippen molar-refractivity contribution in [3.8, 4) is 0 Å². The van der Waals surface area contributed by atoms with Gasteiger partial charge in [0.15, 0.2) is 0 Å². The fourth-order valence-electron chi connectivity index (χ4n) is 1.11. The second kappa shape index (κ2) is 5.65. The largest absolute Gasteiger partial charge is 0.478 e. The first-order valence-corrected chi connectivity index (χ1v) is 6.46. The van der Waals surface area contributed by atoms with Crippen LogP contribution in [0.2, 0.25) is 0 Å². The Balaban J connectivity index is 2.93. The van der Waals surface area contributed by atoms with Gasteiger partial charge in [-0.15, -0.1) is 0 Å². The van der Waals surface area contributed by atoms with Crippen molar-refractivity contribution in [2.75, 3.05) is 18.8 Å². The summed E-state index contributed by atoms with van der Waals surface area (Å²) in [4.78, 5) is 10.4. The minimum absolute atomic E-state index is 0.372. The highest BCUT2D eigenvalue weighted by molar-refractivity contribution is 7.90. The van der Waals surface area contributed by atoms with Crippen molar-refractivity contribution >= 4 is 27.9 Å². The zero-order valence-electron chi connectivity index (χ0n) is 9.99. The summed E-state index contributed by atoms with van der Waals surface area (Å²) in [5, 5.41) is 8.50. The summed E-state index contributed by atoms with van der Waals surface area (Å²) in [6.45, 7) is 0. The van der Waals surface area contributed by atoms with Gasteiger partial charge < -0.3 is 5.11 Å². The number of carboxylic acid groups (broad SMARTS) is 1. The maximum absolute atomic E-state index is 11.6. The second-order valence-corrected chi connectivity index (χ2v) is 5.57. The lowest BCUT2D eigenvalue weighted by Gasteiger charge is -2.13. The molecule has 1 aromatic carbocycles. The Labute approximate surface area is 106 Å². The van der Waals surface area contributed by atoms with E-state index in [1.54, 1.807) is 24.3 Å². The molecule has 0 aliphatic rings. The zero-order valence-corrected chi connectivity index (χ0v) is 10.8. The molecule has 0 saturated heterocycles. The number of nitrogens with zero attached hydrogens (tertiary/aromatic N) is 1. The maximum Gasteiger partial charge on any atom is 0.328 e. The normalized spacial score (nSPS) is 11.9. The highest BCUT2D eigenvalue weighted by Crippen LogP contribution is 2.14. The first-order chi connectivity index (χ1) is 8.31. The fraction of sp³-hybridized carbons (Fsp3) is 0.182. The maximum atomic E-state index is 11.6. The molecule has 0 aromatic heterocycles. The zero-order chi connectivity index (χ0) is 13.8. The summed E-state index contributed by atoms with van der Waals surface area (Å²) >= 11 is 0. The second-order valence-electron chi connectivity index (χ2n) is 3.69. The summed E-state index contributed by atoms with van der Waals surface area (Å²) in [5.74, 6) is -1.06. The van der Waals surface area contributed by atoms with Crippen LogP contribution in [0.1, 0.15) is 5.56 Å². The van der Waals surface area contributed by atoms with Gasteiger partial charge in [0.1, 0.15) is 0 Å². The smallest absolute Gasteiger partial charge is 0.328 e. The van der Waals surface area contributed by atoms with Crippen molar-refractivity contribution in [1.82, 2.24) is 4.31 Å². The van der Waals surface area contributed by atoms with E-state index in [0.29, 0.717) is 11.3 Å². The third kappa shape index (κ3) is 4.19. The Kier molecular flexibility index (Phi) is 4.46. The standard InChI is InChI=1S/C11H14N2O4S/c1-13(2)18(16,17)12-10-5-3-4-9(8-10)6-7-11(14)15/h3-8,12H,1-2H3,(H,14,15). The quantitative estimate of drug-likeness (QED) is 0.781. The van der Waals surface area contributed by atoms with E-state index in [0.717, 1.165) is 10.4 Å². The molecule has 2 N–H and O–H groups in total. The SMILES string of the molecule is CN(C)S(=O)(=O)Nc1cccc(C=CC(=O)O)c1. The van der Waals surface area contributed by atoms with E-state index in [-0.39, 0.29) is 0 Å².